The summed E-state index contributed by atoms with van der Waals surface area (Å²) in [6, 6.07) is 0.503. The standard InChI is InChI=1S/C20H36N2O3/c1-3-15-11-22(20(24)16-7-4-5-8-16)19(13-23)18(15)12-21-10-6-9-17(21)14-25-2/h15-19,23H,3-14H2,1-2H3/t15-,17-,18-,19-/m1/s1. The van der Waals surface area contributed by atoms with Gasteiger partial charge in [0.1, 0.15) is 0 Å². The molecule has 144 valence electrons. The summed E-state index contributed by atoms with van der Waals surface area (Å²) < 4.78 is 5.40. The van der Waals surface area contributed by atoms with Crippen LogP contribution in [-0.4, -0.2) is 72.9 Å². The lowest BCUT2D eigenvalue weighted by molar-refractivity contribution is -0.137. The average molecular weight is 353 g/mol. The monoisotopic (exact) mass is 352 g/mol. The first-order valence-electron chi connectivity index (χ1n) is 10.3. The van der Waals surface area contributed by atoms with E-state index in [2.05, 4.69) is 16.7 Å². The molecular formula is C20H36N2O3. The van der Waals surface area contributed by atoms with E-state index in [1.54, 1.807) is 7.11 Å². The van der Waals surface area contributed by atoms with Crippen molar-refractivity contribution >= 4 is 5.91 Å². The number of methoxy groups -OCH3 is 1. The number of likely N-dealkylation sites (tertiary alicyclic amines) is 2. The second-order valence-corrected chi connectivity index (χ2v) is 8.30. The summed E-state index contributed by atoms with van der Waals surface area (Å²) in [4.78, 5) is 17.6. The Labute approximate surface area is 152 Å². The zero-order valence-electron chi connectivity index (χ0n) is 16.0. The third kappa shape index (κ3) is 4.04. The van der Waals surface area contributed by atoms with Crippen LogP contribution in [0.5, 0.6) is 0 Å². The van der Waals surface area contributed by atoms with Crippen LogP contribution in [0.25, 0.3) is 0 Å². The number of hydrogen-bond acceptors (Lipinski definition) is 4. The van der Waals surface area contributed by atoms with Gasteiger partial charge in [-0.2, -0.15) is 0 Å². The Morgan fingerprint density at radius 1 is 1.20 bits per heavy atom. The smallest absolute Gasteiger partial charge is 0.226 e. The number of amides is 1. The van der Waals surface area contributed by atoms with Gasteiger partial charge in [0.2, 0.25) is 5.91 Å². The summed E-state index contributed by atoms with van der Waals surface area (Å²) >= 11 is 0. The Morgan fingerprint density at radius 3 is 2.60 bits per heavy atom. The first-order valence-corrected chi connectivity index (χ1v) is 10.3. The molecule has 0 radical (unpaired) electrons. The highest BCUT2D eigenvalue weighted by atomic mass is 16.5. The van der Waals surface area contributed by atoms with Gasteiger partial charge >= 0.3 is 0 Å². The lowest BCUT2D eigenvalue weighted by Gasteiger charge is -2.33. The predicted octanol–water partition coefficient (Wildman–Crippen LogP) is 2.13. The summed E-state index contributed by atoms with van der Waals surface area (Å²) in [5.41, 5.74) is 0. The molecule has 3 aliphatic rings. The number of hydrogen-bond donors (Lipinski definition) is 1. The highest BCUT2D eigenvalue weighted by Gasteiger charge is 2.45. The molecule has 5 nitrogen and oxygen atoms in total. The molecule has 1 saturated carbocycles. The van der Waals surface area contributed by atoms with E-state index in [4.69, 9.17) is 4.74 Å². The number of ether oxygens (including phenoxy) is 1. The summed E-state index contributed by atoms with van der Waals surface area (Å²) in [6.07, 6.45) is 7.95. The number of nitrogens with zero attached hydrogens (tertiary/aromatic N) is 2. The van der Waals surface area contributed by atoms with E-state index < -0.39 is 0 Å². The molecule has 1 amide bonds. The zero-order chi connectivity index (χ0) is 17.8. The molecule has 25 heavy (non-hydrogen) atoms. The van der Waals surface area contributed by atoms with Gasteiger partial charge in [0, 0.05) is 32.2 Å². The molecule has 0 unspecified atom stereocenters. The van der Waals surface area contributed by atoms with Crippen molar-refractivity contribution in [3.63, 3.8) is 0 Å². The maximum absolute atomic E-state index is 13.0. The van der Waals surface area contributed by atoms with Crippen molar-refractivity contribution in [2.75, 3.05) is 40.0 Å². The molecule has 3 rings (SSSR count). The Morgan fingerprint density at radius 2 is 1.96 bits per heavy atom. The fourth-order valence-corrected chi connectivity index (χ4v) is 5.45. The van der Waals surface area contributed by atoms with Crippen LogP contribution in [0.3, 0.4) is 0 Å². The Kier molecular flexibility index (Phi) is 6.75. The van der Waals surface area contributed by atoms with Crippen molar-refractivity contribution in [1.29, 1.82) is 0 Å². The number of carbonyl (C=O) groups is 1. The van der Waals surface area contributed by atoms with Crippen molar-refractivity contribution in [3.8, 4) is 0 Å². The van der Waals surface area contributed by atoms with Crippen molar-refractivity contribution in [3.05, 3.63) is 0 Å². The molecular weight excluding hydrogens is 316 g/mol. The topological polar surface area (TPSA) is 53.0 Å². The molecule has 4 atom stereocenters. The second-order valence-electron chi connectivity index (χ2n) is 8.30. The molecule has 2 aliphatic heterocycles. The third-order valence-electron chi connectivity index (χ3n) is 6.93. The van der Waals surface area contributed by atoms with Crippen LogP contribution in [0.15, 0.2) is 0 Å². The van der Waals surface area contributed by atoms with Gasteiger partial charge in [-0.1, -0.05) is 26.2 Å². The average Bonchev–Trinajstić information content (AvgIpc) is 3.35. The largest absolute Gasteiger partial charge is 0.394 e. The number of aliphatic hydroxyl groups is 1. The molecule has 1 aliphatic carbocycles. The van der Waals surface area contributed by atoms with E-state index in [0.717, 1.165) is 45.5 Å². The lowest BCUT2D eigenvalue weighted by Crippen LogP contribution is -2.46. The minimum Gasteiger partial charge on any atom is -0.394 e. The van der Waals surface area contributed by atoms with Gasteiger partial charge in [-0.25, -0.2) is 0 Å². The Balaban J connectivity index is 1.69. The summed E-state index contributed by atoms with van der Waals surface area (Å²) in [5, 5.41) is 10.1. The van der Waals surface area contributed by atoms with Crippen LogP contribution < -0.4 is 0 Å². The molecule has 0 aromatic heterocycles. The maximum Gasteiger partial charge on any atom is 0.226 e. The molecule has 2 heterocycles. The van der Waals surface area contributed by atoms with Gasteiger partial charge in [-0.15, -0.1) is 0 Å². The summed E-state index contributed by atoms with van der Waals surface area (Å²) in [6.45, 7) is 6.07. The van der Waals surface area contributed by atoms with Crippen molar-refractivity contribution < 1.29 is 14.6 Å². The van der Waals surface area contributed by atoms with Gasteiger partial charge in [-0.05, 0) is 44.1 Å². The quantitative estimate of drug-likeness (QED) is 0.763. The lowest BCUT2D eigenvalue weighted by atomic mass is 9.88. The number of rotatable bonds is 7. The van der Waals surface area contributed by atoms with Gasteiger partial charge in [0.25, 0.3) is 0 Å². The number of carbonyl (C=O) groups excluding carboxylic acids is 1. The van der Waals surface area contributed by atoms with E-state index in [1.807, 2.05) is 0 Å². The second kappa shape index (κ2) is 8.83. The van der Waals surface area contributed by atoms with Gasteiger partial charge < -0.3 is 14.7 Å². The molecule has 5 heteroatoms. The molecule has 0 spiro atoms. The van der Waals surface area contributed by atoms with E-state index in [9.17, 15) is 9.90 Å². The predicted molar refractivity (Wildman–Crippen MR) is 98.3 cm³/mol. The van der Waals surface area contributed by atoms with Crippen LogP contribution >= 0.6 is 0 Å². The molecule has 2 saturated heterocycles. The normalized spacial score (nSPS) is 34.3. The van der Waals surface area contributed by atoms with Crippen molar-refractivity contribution in [2.24, 2.45) is 17.8 Å². The van der Waals surface area contributed by atoms with E-state index in [0.29, 0.717) is 23.8 Å². The van der Waals surface area contributed by atoms with E-state index in [1.165, 1.54) is 25.7 Å². The fourth-order valence-electron chi connectivity index (χ4n) is 5.45. The fraction of sp³-hybridized carbons (Fsp3) is 0.950. The van der Waals surface area contributed by atoms with Crippen LogP contribution in [-0.2, 0) is 9.53 Å². The van der Waals surface area contributed by atoms with Gasteiger partial charge in [-0.3, -0.25) is 9.69 Å². The minimum atomic E-state index is 0.00171. The summed E-state index contributed by atoms with van der Waals surface area (Å²) in [5.74, 6) is 1.41. The van der Waals surface area contributed by atoms with E-state index in [-0.39, 0.29) is 18.6 Å². The number of aliphatic hydroxyl groups excluding tert-OH is 1. The zero-order valence-corrected chi connectivity index (χ0v) is 16.0. The van der Waals surface area contributed by atoms with Crippen LogP contribution in [0, 0.1) is 17.8 Å². The van der Waals surface area contributed by atoms with Crippen LogP contribution in [0.4, 0.5) is 0 Å². The Bertz CT molecular complexity index is 439. The molecule has 0 aromatic carbocycles. The molecule has 1 N–H and O–H groups in total. The van der Waals surface area contributed by atoms with Gasteiger partial charge in [0.15, 0.2) is 0 Å². The molecule has 0 bridgehead atoms. The first kappa shape index (κ1) is 19.1. The third-order valence-corrected chi connectivity index (χ3v) is 6.93. The van der Waals surface area contributed by atoms with Crippen LogP contribution in [0.2, 0.25) is 0 Å². The van der Waals surface area contributed by atoms with Crippen molar-refractivity contribution in [1.82, 2.24) is 9.80 Å². The van der Waals surface area contributed by atoms with Gasteiger partial charge in [0.05, 0.1) is 19.3 Å². The highest BCUT2D eigenvalue weighted by molar-refractivity contribution is 5.79. The molecule has 0 aromatic rings. The first-order chi connectivity index (χ1) is 12.2. The van der Waals surface area contributed by atoms with Crippen LogP contribution in [0.1, 0.15) is 51.9 Å². The van der Waals surface area contributed by atoms with E-state index >= 15 is 0 Å². The maximum atomic E-state index is 13.0. The molecule has 3 fully saturated rings. The summed E-state index contributed by atoms with van der Waals surface area (Å²) in [7, 11) is 1.78. The Hall–Kier alpha value is -0.650. The minimum absolute atomic E-state index is 0.00171. The highest BCUT2D eigenvalue weighted by Crippen LogP contribution is 2.37. The SMILES string of the molecule is CC[C@@H]1CN(C(=O)C2CCCC2)[C@H](CO)[C@@H]1CN1CCC[C@@H]1COC. The van der Waals surface area contributed by atoms with Crippen molar-refractivity contribution in [2.45, 2.75) is 64.0 Å².